The van der Waals surface area contributed by atoms with Crippen molar-refractivity contribution in [3.8, 4) is 0 Å². The highest BCUT2D eigenvalue weighted by molar-refractivity contribution is 7.87. The van der Waals surface area contributed by atoms with Gasteiger partial charge in [0.25, 0.3) is 0 Å². The summed E-state index contributed by atoms with van der Waals surface area (Å²) in [5, 5.41) is 0. The lowest BCUT2D eigenvalue weighted by Gasteiger charge is -2.32. The predicted octanol–water partition coefficient (Wildman–Crippen LogP) is 0.482. The van der Waals surface area contributed by atoms with Crippen LogP contribution in [0.25, 0.3) is 0 Å². The van der Waals surface area contributed by atoms with E-state index in [1.54, 1.807) is 11.8 Å². The molecule has 0 radical (unpaired) electrons. The SMILES string of the molecule is CCC(=O)N1CCC[C@H](C(=O)NS(=O)(=O)N2CCCCC2)C1. The van der Waals surface area contributed by atoms with Gasteiger partial charge in [-0.3, -0.25) is 9.59 Å². The molecule has 2 amide bonds. The van der Waals surface area contributed by atoms with E-state index in [1.165, 1.54) is 4.31 Å². The molecule has 2 heterocycles. The predicted molar refractivity (Wildman–Crippen MR) is 82.1 cm³/mol. The fraction of sp³-hybridized carbons (Fsp3) is 0.857. The molecule has 0 saturated carbocycles. The average molecular weight is 331 g/mol. The Labute approximate surface area is 132 Å². The van der Waals surface area contributed by atoms with Crippen LogP contribution in [-0.4, -0.2) is 55.6 Å². The molecule has 1 atom stereocenters. The first kappa shape index (κ1) is 17.2. The number of nitrogens with one attached hydrogen (secondary N) is 1. The molecule has 22 heavy (non-hydrogen) atoms. The number of carbonyl (C=O) groups is 2. The number of nitrogens with zero attached hydrogens (tertiary/aromatic N) is 2. The standard InChI is InChI=1S/C14H25N3O4S/c1-2-13(18)16-8-6-7-12(11-16)14(19)15-22(20,21)17-9-4-3-5-10-17/h12H,2-11H2,1H3,(H,15,19)/t12-/m0/s1. The molecule has 126 valence electrons. The number of rotatable bonds is 4. The van der Waals surface area contributed by atoms with Crippen molar-refractivity contribution in [2.24, 2.45) is 5.92 Å². The first-order valence-corrected chi connectivity index (χ1v) is 9.47. The van der Waals surface area contributed by atoms with Gasteiger partial charge in [0.15, 0.2) is 0 Å². The Morgan fingerprint density at radius 3 is 2.41 bits per heavy atom. The molecule has 2 rings (SSSR count). The maximum absolute atomic E-state index is 12.3. The number of hydrogen-bond acceptors (Lipinski definition) is 4. The van der Waals surface area contributed by atoms with Gasteiger partial charge in [-0.2, -0.15) is 12.7 Å². The molecule has 0 spiro atoms. The van der Waals surface area contributed by atoms with Gasteiger partial charge < -0.3 is 4.90 Å². The van der Waals surface area contributed by atoms with Crippen molar-refractivity contribution >= 4 is 22.0 Å². The second-order valence-electron chi connectivity index (χ2n) is 5.96. The van der Waals surface area contributed by atoms with Crippen molar-refractivity contribution in [3.05, 3.63) is 0 Å². The van der Waals surface area contributed by atoms with E-state index in [0.717, 1.165) is 25.7 Å². The third-order valence-electron chi connectivity index (χ3n) is 4.33. The van der Waals surface area contributed by atoms with Crippen molar-refractivity contribution in [1.82, 2.24) is 13.9 Å². The Balaban J connectivity index is 1.94. The smallest absolute Gasteiger partial charge is 0.303 e. The molecular weight excluding hydrogens is 306 g/mol. The number of likely N-dealkylation sites (tertiary alicyclic amines) is 1. The van der Waals surface area contributed by atoms with Crippen LogP contribution in [0, 0.1) is 5.92 Å². The molecule has 0 aromatic rings. The second kappa shape index (κ2) is 7.41. The summed E-state index contributed by atoms with van der Waals surface area (Å²) in [7, 11) is -3.74. The van der Waals surface area contributed by atoms with Gasteiger partial charge in [-0.25, -0.2) is 4.72 Å². The molecule has 0 bridgehead atoms. The second-order valence-corrected chi connectivity index (χ2v) is 7.63. The number of carbonyl (C=O) groups excluding carboxylic acids is 2. The Morgan fingerprint density at radius 1 is 1.09 bits per heavy atom. The zero-order chi connectivity index (χ0) is 16.2. The van der Waals surface area contributed by atoms with Crippen LogP contribution in [0.15, 0.2) is 0 Å². The molecule has 2 aliphatic heterocycles. The lowest BCUT2D eigenvalue weighted by molar-refractivity contribution is -0.134. The minimum Gasteiger partial charge on any atom is -0.342 e. The van der Waals surface area contributed by atoms with Crippen LogP contribution in [0.4, 0.5) is 0 Å². The van der Waals surface area contributed by atoms with Crippen molar-refractivity contribution in [3.63, 3.8) is 0 Å². The van der Waals surface area contributed by atoms with Crippen LogP contribution in [0.1, 0.15) is 45.4 Å². The molecule has 0 aromatic carbocycles. The summed E-state index contributed by atoms with van der Waals surface area (Å²) in [5.74, 6) is -0.917. The molecule has 8 heteroatoms. The molecule has 2 aliphatic rings. The molecule has 0 unspecified atom stereocenters. The third-order valence-corrected chi connectivity index (χ3v) is 5.84. The quantitative estimate of drug-likeness (QED) is 0.812. The average Bonchev–Trinajstić information content (AvgIpc) is 2.54. The lowest BCUT2D eigenvalue weighted by Crippen LogP contribution is -2.50. The maximum Gasteiger partial charge on any atom is 0.303 e. The highest BCUT2D eigenvalue weighted by Crippen LogP contribution is 2.18. The molecule has 7 nitrogen and oxygen atoms in total. The first-order chi connectivity index (χ1) is 10.4. The van der Waals surface area contributed by atoms with Gasteiger partial charge in [0, 0.05) is 32.6 Å². The molecule has 1 N–H and O–H groups in total. The van der Waals surface area contributed by atoms with Gasteiger partial charge in [0.1, 0.15) is 0 Å². The number of hydrogen-bond donors (Lipinski definition) is 1. The highest BCUT2D eigenvalue weighted by Gasteiger charge is 2.32. The van der Waals surface area contributed by atoms with Crippen molar-refractivity contribution in [2.45, 2.75) is 45.4 Å². The van der Waals surface area contributed by atoms with Crippen molar-refractivity contribution < 1.29 is 18.0 Å². The van der Waals surface area contributed by atoms with Crippen LogP contribution in [0.5, 0.6) is 0 Å². The van der Waals surface area contributed by atoms with E-state index in [-0.39, 0.29) is 5.91 Å². The normalized spacial score (nSPS) is 24.0. The Morgan fingerprint density at radius 2 is 1.77 bits per heavy atom. The summed E-state index contributed by atoms with van der Waals surface area (Å²) in [4.78, 5) is 25.6. The molecule has 2 fully saturated rings. The van der Waals surface area contributed by atoms with Gasteiger partial charge in [0.05, 0.1) is 5.92 Å². The Bertz CT molecular complexity index is 514. The summed E-state index contributed by atoms with van der Waals surface area (Å²) >= 11 is 0. The van der Waals surface area contributed by atoms with Crippen LogP contribution in [0.2, 0.25) is 0 Å². The summed E-state index contributed by atoms with van der Waals surface area (Å²) < 4.78 is 28.0. The number of amides is 2. The lowest BCUT2D eigenvalue weighted by atomic mass is 9.97. The van der Waals surface area contributed by atoms with E-state index < -0.39 is 22.0 Å². The topological polar surface area (TPSA) is 86.8 Å². The van der Waals surface area contributed by atoms with Crippen LogP contribution in [-0.2, 0) is 19.8 Å². The van der Waals surface area contributed by atoms with Gasteiger partial charge in [0.2, 0.25) is 11.8 Å². The van der Waals surface area contributed by atoms with Crippen molar-refractivity contribution in [1.29, 1.82) is 0 Å². The Kier molecular flexibility index (Phi) is 5.80. The summed E-state index contributed by atoms with van der Waals surface area (Å²) in [6.45, 7) is 3.68. The van der Waals surface area contributed by atoms with Gasteiger partial charge in [-0.15, -0.1) is 0 Å². The Hall–Kier alpha value is -1.15. The fourth-order valence-corrected chi connectivity index (χ4v) is 4.31. The minimum atomic E-state index is -3.74. The summed E-state index contributed by atoms with van der Waals surface area (Å²) in [6.07, 6.45) is 4.44. The van der Waals surface area contributed by atoms with E-state index in [1.807, 2.05) is 0 Å². The van der Waals surface area contributed by atoms with Crippen LogP contribution in [0.3, 0.4) is 0 Å². The molecule has 2 saturated heterocycles. The van der Waals surface area contributed by atoms with Crippen molar-refractivity contribution in [2.75, 3.05) is 26.2 Å². The van der Waals surface area contributed by atoms with E-state index in [0.29, 0.717) is 39.0 Å². The summed E-state index contributed by atoms with van der Waals surface area (Å²) in [6, 6.07) is 0. The third kappa shape index (κ3) is 4.19. The van der Waals surface area contributed by atoms with Crippen LogP contribution >= 0.6 is 0 Å². The highest BCUT2D eigenvalue weighted by atomic mass is 32.2. The molecular formula is C14H25N3O4S. The first-order valence-electron chi connectivity index (χ1n) is 8.03. The van der Waals surface area contributed by atoms with Gasteiger partial charge in [-0.05, 0) is 25.7 Å². The fourth-order valence-electron chi connectivity index (χ4n) is 3.02. The molecule has 0 aliphatic carbocycles. The maximum atomic E-state index is 12.3. The zero-order valence-electron chi connectivity index (χ0n) is 13.1. The van der Waals surface area contributed by atoms with Crippen LogP contribution < -0.4 is 4.72 Å². The monoisotopic (exact) mass is 331 g/mol. The summed E-state index contributed by atoms with van der Waals surface area (Å²) in [5.41, 5.74) is 0. The minimum absolute atomic E-state index is 0.0105. The molecule has 0 aromatic heterocycles. The zero-order valence-corrected chi connectivity index (χ0v) is 13.9. The largest absolute Gasteiger partial charge is 0.342 e. The van der Waals surface area contributed by atoms with E-state index in [2.05, 4.69) is 4.72 Å². The number of piperidine rings is 2. The van der Waals surface area contributed by atoms with E-state index in [9.17, 15) is 18.0 Å². The van der Waals surface area contributed by atoms with E-state index in [4.69, 9.17) is 0 Å². The van der Waals surface area contributed by atoms with E-state index >= 15 is 0 Å². The van der Waals surface area contributed by atoms with Gasteiger partial charge in [-0.1, -0.05) is 13.3 Å². The van der Waals surface area contributed by atoms with Gasteiger partial charge >= 0.3 is 10.2 Å².